The number of piperidine rings is 1. The summed E-state index contributed by atoms with van der Waals surface area (Å²) in [5.41, 5.74) is 1.19. The number of guanidine groups is 1. The molecule has 2 N–H and O–H groups in total. The van der Waals surface area contributed by atoms with E-state index in [0.717, 1.165) is 24.8 Å². The molecule has 1 aliphatic rings. The number of halogens is 1. The van der Waals surface area contributed by atoms with Gasteiger partial charge in [0.1, 0.15) is 12.4 Å². The van der Waals surface area contributed by atoms with Crippen LogP contribution in [-0.4, -0.2) is 75.7 Å². The zero-order chi connectivity index (χ0) is 19.5. The molecule has 2 rings (SSSR count). The molecule has 1 saturated heterocycles. The molecule has 1 aliphatic heterocycles. The van der Waals surface area contributed by atoms with E-state index in [1.165, 1.54) is 44.5 Å². The SMILES string of the molecule is CCCN1CCC(NC(=NC)NCc2cccc(OCCN(C)C)c2)CC1.I. The van der Waals surface area contributed by atoms with Crippen molar-refractivity contribution >= 4 is 29.9 Å². The lowest BCUT2D eigenvalue weighted by atomic mass is 10.1. The van der Waals surface area contributed by atoms with E-state index in [2.05, 4.69) is 58.6 Å². The number of hydrogen-bond donors (Lipinski definition) is 2. The van der Waals surface area contributed by atoms with Gasteiger partial charge in [-0.1, -0.05) is 19.1 Å². The summed E-state index contributed by atoms with van der Waals surface area (Å²) in [7, 11) is 5.94. The summed E-state index contributed by atoms with van der Waals surface area (Å²) < 4.78 is 5.82. The lowest BCUT2D eigenvalue weighted by Crippen LogP contribution is -2.48. The molecule has 28 heavy (non-hydrogen) atoms. The number of nitrogens with one attached hydrogen (secondary N) is 2. The fraction of sp³-hybridized carbons (Fsp3) is 0.667. The number of rotatable bonds is 9. The van der Waals surface area contributed by atoms with Gasteiger partial charge in [0.25, 0.3) is 0 Å². The normalized spacial score (nSPS) is 16.0. The average molecular weight is 503 g/mol. The first-order valence-electron chi connectivity index (χ1n) is 10.2. The van der Waals surface area contributed by atoms with Gasteiger partial charge in [-0.3, -0.25) is 4.99 Å². The van der Waals surface area contributed by atoms with Gasteiger partial charge in [-0.05, 0) is 57.6 Å². The van der Waals surface area contributed by atoms with Crippen LogP contribution in [0.15, 0.2) is 29.3 Å². The Morgan fingerprint density at radius 2 is 2.04 bits per heavy atom. The minimum atomic E-state index is 0. The van der Waals surface area contributed by atoms with Crippen molar-refractivity contribution < 1.29 is 4.74 Å². The summed E-state index contributed by atoms with van der Waals surface area (Å²) in [6.07, 6.45) is 3.59. The molecular formula is C21H38IN5O. The van der Waals surface area contributed by atoms with Gasteiger partial charge >= 0.3 is 0 Å². The van der Waals surface area contributed by atoms with Crippen LogP contribution in [0.4, 0.5) is 0 Å². The molecule has 0 amide bonds. The Hall–Kier alpha value is -1.06. The van der Waals surface area contributed by atoms with Gasteiger partial charge in [-0.2, -0.15) is 0 Å². The number of benzene rings is 1. The Bertz CT molecular complexity index is 574. The zero-order valence-corrected chi connectivity index (χ0v) is 20.2. The third kappa shape index (κ3) is 9.43. The van der Waals surface area contributed by atoms with E-state index in [4.69, 9.17) is 4.74 Å². The number of nitrogens with zero attached hydrogens (tertiary/aromatic N) is 3. The number of likely N-dealkylation sites (N-methyl/N-ethyl adjacent to an activating group) is 1. The summed E-state index contributed by atoms with van der Waals surface area (Å²) in [6, 6.07) is 8.77. The van der Waals surface area contributed by atoms with Crippen LogP contribution >= 0.6 is 24.0 Å². The Kier molecular flexibility index (Phi) is 12.5. The van der Waals surface area contributed by atoms with Crippen LogP contribution in [0.25, 0.3) is 0 Å². The summed E-state index contributed by atoms with van der Waals surface area (Å²) in [4.78, 5) is 9.06. The predicted octanol–water partition coefficient (Wildman–Crippen LogP) is 2.78. The highest BCUT2D eigenvalue weighted by atomic mass is 127. The first-order valence-corrected chi connectivity index (χ1v) is 10.2. The second-order valence-electron chi connectivity index (χ2n) is 7.49. The highest BCUT2D eigenvalue weighted by Crippen LogP contribution is 2.13. The molecular weight excluding hydrogens is 465 g/mol. The highest BCUT2D eigenvalue weighted by Gasteiger charge is 2.19. The molecule has 160 valence electrons. The van der Waals surface area contributed by atoms with Crippen LogP contribution < -0.4 is 15.4 Å². The third-order valence-corrected chi connectivity index (χ3v) is 4.86. The van der Waals surface area contributed by atoms with Crippen molar-refractivity contribution in [2.75, 3.05) is 53.9 Å². The average Bonchev–Trinajstić information content (AvgIpc) is 2.67. The first-order chi connectivity index (χ1) is 13.1. The second kappa shape index (κ2) is 14.0. The van der Waals surface area contributed by atoms with E-state index in [9.17, 15) is 0 Å². The summed E-state index contributed by atoms with van der Waals surface area (Å²) in [6.45, 7) is 8.16. The number of hydrogen-bond acceptors (Lipinski definition) is 4. The molecule has 0 saturated carbocycles. The second-order valence-corrected chi connectivity index (χ2v) is 7.49. The molecule has 0 aliphatic carbocycles. The van der Waals surface area contributed by atoms with Gasteiger partial charge in [0.15, 0.2) is 5.96 Å². The maximum atomic E-state index is 5.82. The maximum absolute atomic E-state index is 5.82. The summed E-state index contributed by atoms with van der Waals surface area (Å²) >= 11 is 0. The molecule has 1 aromatic rings. The Morgan fingerprint density at radius 1 is 1.29 bits per heavy atom. The molecule has 0 unspecified atom stereocenters. The zero-order valence-electron chi connectivity index (χ0n) is 17.9. The molecule has 0 atom stereocenters. The fourth-order valence-corrected chi connectivity index (χ4v) is 3.28. The van der Waals surface area contributed by atoms with Gasteiger partial charge in [0.2, 0.25) is 0 Å². The van der Waals surface area contributed by atoms with Gasteiger partial charge in [0.05, 0.1) is 0 Å². The lowest BCUT2D eigenvalue weighted by molar-refractivity contribution is 0.206. The molecule has 0 radical (unpaired) electrons. The van der Waals surface area contributed by atoms with E-state index in [0.29, 0.717) is 12.6 Å². The first kappa shape index (κ1) is 25.0. The Labute approximate surface area is 188 Å². The van der Waals surface area contributed by atoms with Crippen molar-refractivity contribution in [2.24, 2.45) is 4.99 Å². The monoisotopic (exact) mass is 503 g/mol. The maximum Gasteiger partial charge on any atom is 0.191 e. The van der Waals surface area contributed by atoms with Crippen LogP contribution in [0.5, 0.6) is 5.75 Å². The molecule has 6 nitrogen and oxygen atoms in total. The number of aliphatic imine (C=N–C) groups is 1. The molecule has 7 heteroatoms. The van der Waals surface area contributed by atoms with Gasteiger partial charge in [-0.15, -0.1) is 24.0 Å². The van der Waals surface area contributed by atoms with Crippen LogP contribution in [0, 0.1) is 0 Å². The molecule has 1 heterocycles. The molecule has 0 spiro atoms. The predicted molar refractivity (Wildman–Crippen MR) is 129 cm³/mol. The van der Waals surface area contributed by atoms with Gasteiger partial charge in [-0.25, -0.2) is 0 Å². The lowest BCUT2D eigenvalue weighted by Gasteiger charge is -2.32. The number of ether oxygens (including phenoxy) is 1. The molecule has 0 bridgehead atoms. The molecule has 1 aromatic carbocycles. The smallest absolute Gasteiger partial charge is 0.191 e. The minimum Gasteiger partial charge on any atom is -0.492 e. The van der Waals surface area contributed by atoms with Crippen molar-refractivity contribution in [3.8, 4) is 5.75 Å². The van der Waals surface area contributed by atoms with Crippen LogP contribution in [0.2, 0.25) is 0 Å². The van der Waals surface area contributed by atoms with Crippen LogP contribution in [0.3, 0.4) is 0 Å². The van der Waals surface area contributed by atoms with Gasteiger partial charge < -0.3 is 25.2 Å². The minimum absolute atomic E-state index is 0. The third-order valence-electron chi connectivity index (χ3n) is 4.86. The highest BCUT2D eigenvalue weighted by molar-refractivity contribution is 14.0. The Balaban J connectivity index is 0.00000392. The van der Waals surface area contributed by atoms with E-state index in [1.807, 2.05) is 19.2 Å². The molecule has 1 fully saturated rings. The van der Waals surface area contributed by atoms with Crippen LogP contribution in [-0.2, 0) is 6.54 Å². The standard InChI is InChI=1S/C21H37N5O.HI/c1-5-11-26-12-9-19(10-13-26)24-21(22-2)23-17-18-7-6-8-20(16-18)27-15-14-25(3)4;/h6-8,16,19H,5,9-15,17H2,1-4H3,(H2,22,23,24);1H. The quantitative estimate of drug-likeness (QED) is 0.309. The van der Waals surface area contributed by atoms with Crippen molar-refractivity contribution in [1.82, 2.24) is 20.4 Å². The van der Waals surface area contributed by atoms with Crippen LogP contribution in [0.1, 0.15) is 31.7 Å². The van der Waals surface area contributed by atoms with Crippen molar-refractivity contribution in [3.05, 3.63) is 29.8 Å². The van der Waals surface area contributed by atoms with E-state index >= 15 is 0 Å². The van der Waals surface area contributed by atoms with E-state index in [1.54, 1.807) is 0 Å². The Morgan fingerprint density at radius 3 is 2.68 bits per heavy atom. The largest absolute Gasteiger partial charge is 0.492 e. The van der Waals surface area contributed by atoms with Crippen molar-refractivity contribution in [1.29, 1.82) is 0 Å². The van der Waals surface area contributed by atoms with Gasteiger partial charge in [0, 0.05) is 39.3 Å². The topological polar surface area (TPSA) is 52.1 Å². The molecule has 0 aromatic heterocycles. The number of likely N-dealkylation sites (tertiary alicyclic amines) is 1. The summed E-state index contributed by atoms with van der Waals surface area (Å²) in [5.74, 6) is 1.80. The fourth-order valence-electron chi connectivity index (χ4n) is 3.28. The summed E-state index contributed by atoms with van der Waals surface area (Å²) in [5, 5.41) is 7.01. The van der Waals surface area contributed by atoms with Crippen molar-refractivity contribution in [3.63, 3.8) is 0 Å². The van der Waals surface area contributed by atoms with Crippen molar-refractivity contribution in [2.45, 2.75) is 38.8 Å². The van der Waals surface area contributed by atoms with E-state index < -0.39 is 0 Å². The van der Waals surface area contributed by atoms with E-state index in [-0.39, 0.29) is 24.0 Å².